The summed E-state index contributed by atoms with van der Waals surface area (Å²) in [5, 5.41) is 10.9. The van der Waals surface area contributed by atoms with E-state index in [1.165, 1.54) is 12.1 Å². The second-order valence-corrected chi connectivity index (χ2v) is 9.44. The number of nitrogens with zero attached hydrogens (tertiary/aromatic N) is 3. The molecule has 1 amide bonds. The van der Waals surface area contributed by atoms with Crippen molar-refractivity contribution >= 4 is 29.1 Å². The van der Waals surface area contributed by atoms with Crippen LogP contribution in [0.3, 0.4) is 0 Å². The standard InChI is InChI=1S/C30H26FN5OS/c1-19-9-11-22(12-10-19)29(37)33-30(38)32-28-18-27(34-36(28)25-7-5-4-6-8-25)26-17-20(2)35(21(26)3)24-15-13-23(31)14-16-24/h4-18H,1-3H3,(H2,32,33,37,38). The van der Waals surface area contributed by atoms with Crippen LogP contribution in [0.2, 0.25) is 0 Å². The number of para-hydroxylation sites is 1. The van der Waals surface area contributed by atoms with E-state index in [1.807, 2.05) is 69.3 Å². The van der Waals surface area contributed by atoms with Crippen LogP contribution in [0.4, 0.5) is 10.2 Å². The van der Waals surface area contributed by atoms with Crippen molar-refractivity contribution < 1.29 is 9.18 Å². The maximum Gasteiger partial charge on any atom is 0.257 e. The topological polar surface area (TPSA) is 63.9 Å². The minimum absolute atomic E-state index is 0.163. The summed E-state index contributed by atoms with van der Waals surface area (Å²) in [7, 11) is 0. The number of halogens is 1. The third-order valence-corrected chi connectivity index (χ3v) is 6.49. The van der Waals surface area contributed by atoms with Gasteiger partial charge in [0.05, 0.1) is 11.4 Å². The molecule has 0 saturated carbocycles. The Bertz CT molecular complexity index is 1620. The Morgan fingerprint density at radius 1 is 0.868 bits per heavy atom. The normalized spacial score (nSPS) is 10.8. The zero-order chi connectivity index (χ0) is 26.8. The van der Waals surface area contributed by atoms with Gasteiger partial charge in [0.1, 0.15) is 11.6 Å². The van der Waals surface area contributed by atoms with Crippen LogP contribution in [-0.4, -0.2) is 25.4 Å². The number of carbonyl (C=O) groups is 1. The molecule has 0 atom stereocenters. The van der Waals surface area contributed by atoms with E-state index in [2.05, 4.69) is 21.3 Å². The predicted molar refractivity (Wildman–Crippen MR) is 153 cm³/mol. The monoisotopic (exact) mass is 523 g/mol. The van der Waals surface area contributed by atoms with Crippen molar-refractivity contribution in [3.63, 3.8) is 0 Å². The van der Waals surface area contributed by atoms with Gasteiger partial charge in [-0.1, -0.05) is 35.9 Å². The molecule has 5 rings (SSSR count). The number of hydrogen-bond donors (Lipinski definition) is 2. The van der Waals surface area contributed by atoms with Crippen LogP contribution in [0.25, 0.3) is 22.6 Å². The van der Waals surface area contributed by atoms with E-state index in [0.29, 0.717) is 11.4 Å². The molecule has 38 heavy (non-hydrogen) atoms. The van der Waals surface area contributed by atoms with Gasteiger partial charge in [0.2, 0.25) is 0 Å². The van der Waals surface area contributed by atoms with Gasteiger partial charge in [-0.25, -0.2) is 9.07 Å². The fourth-order valence-electron chi connectivity index (χ4n) is 4.41. The van der Waals surface area contributed by atoms with Gasteiger partial charge in [-0.2, -0.15) is 5.10 Å². The van der Waals surface area contributed by atoms with E-state index in [4.69, 9.17) is 17.3 Å². The second kappa shape index (κ2) is 10.4. The highest BCUT2D eigenvalue weighted by Gasteiger charge is 2.19. The number of anilines is 1. The Kier molecular flexibility index (Phi) is 6.89. The van der Waals surface area contributed by atoms with Crippen LogP contribution in [0.15, 0.2) is 91.0 Å². The summed E-state index contributed by atoms with van der Waals surface area (Å²) in [6, 6.07) is 27.3. The molecule has 6 nitrogen and oxygen atoms in total. The molecule has 0 spiro atoms. The molecule has 0 bridgehead atoms. The minimum atomic E-state index is -0.295. The van der Waals surface area contributed by atoms with Crippen molar-refractivity contribution in [1.29, 1.82) is 0 Å². The SMILES string of the molecule is Cc1ccc(C(=O)NC(=S)Nc2cc(-c3cc(C)n(-c4ccc(F)cc4)c3C)nn2-c2ccccc2)cc1. The van der Waals surface area contributed by atoms with Crippen molar-refractivity contribution in [3.05, 3.63) is 119 Å². The predicted octanol–water partition coefficient (Wildman–Crippen LogP) is 6.52. The molecule has 0 fully saturated rings. The Hall–Kier alpha value is -4.56. The molecule has 3 aromatic carbocycles. The van der Waals surface area contributed by atoms with Gasteiger partial charge in [0.25, 0.3) is 5.91 Å². The van der Waals surface area contributed by atoms with E-state index in [-0.39, 0.29) is 16.8 Å². The molecule has 0 saturated heterocycles. The van der Waals surface area contributed by atoms with Crippen LogP contribution in [0.5, 0.6) is 0 Å². The van der Waals surface area contributed by atoms with Crippen LogP contribution in [-0.2, 0) is 0 Å². The van der Waals surface area contributed by atoms with Crippen LogP contribution >= 0.6 is 12.2 Å². The van der Waals surface area contributed by atoms with Crippen LogP contribution in [0, 0.1) is 26.6 Å². The summed E-state index contributed by atoms with van der Waals surface area (Å²) in [5.74, 6) is 0.0301. The Balaban J connectivity index is 1.48. The van der Waals surface area contributed by atoms with Crippen molar-refractivity contribution in [1.82, 2.24) is 19.7 Å². The highest BCUT2D eigenvalue weighted by molar-refractivity contribution is 7.80. The molecule has 0 unspecified atom stereocenters. The highest BCUT2D eigenvalue weighted by Crippen LogP contribution is 2.31. The first-order valence-electron chi connectivity index (χ1n) is 12.1. The van der Waals surface area contributed by atoms with E-state index in [1.54, 1.807) is 28.9 Å². The maximum atomic E-state index is 13.5. The number of thiocarbonyl (C=S) groups is 1. The lowest BCUT2D eigenvalue weighted by atomic mass is 10.1. The summed E-state index contributed by atoms with van der Waals surface area (Å²) in [6.07, 6.45) is 0. The Labute approximate surface area is 225 Å². The van der Waals surface area contributed by atoms with Crippen molar-refractivity contribution in [2.75, 3.05) is 5.32 Å². The van der Waals surface area contributed by atoms with E-state index >= 15 is 0 Å². The number of aryl methyl sites for hydroxylation is 2. The van der Waals surface area contributed by atoms with Gasteiger partial charge in [0, 0.05) is 34.3 Å². The molecule has 5 aromatic rings. The first-order valence-corrected chi connectivity index (χ1v) is 12.5. The van der Waals surface area contributed by atoms with E-state index in [0.717, 1.165) is 39.6 Å². The fourth-order valence-corrected chi connectivity index (χ4v) is 4.60. The number of carbonyl (C=O) groups excluding carboxylic acids is 1. The molecule has 2 N–H and O–H groups in total. The van der Waals surface area contributed by atoms with Crippen molar-refractivity contribution in [2.24, 2.45) is 0 Å². The molecule has 2 heterocycles. The molecule has 190 valence electrons. The number of aromatic nitrogens is 3. The number of nitrogens with one attached hydrogen (secondary N) is 2. The lowest BCUT2D eigenvalue weighted by Crippen LogP contribution is -2.34. The van der Waals surface area contributed by atoms with E-state index in [9.17, 15) is 9.18 Å². The third-order valence-electron chi connectivity index (χ3n) is 6.28. The number of benzene rings is 3. The molecule has 0 aliphatic rings. The van der Waals surface area contributed by atoms with Crippen LogP contribution < -0.4 is 10.6 Å². The summed E-state index contributed by atoms with van der Waals surface area (Å²) < 4.78 is 17.3. The van der Waals surface area contributed by atoms with Crippen LogP contribution in [0.1, 0.15) is 27.3 Å². The van der Waals surface area contributed by atoms with Gasteiger partial charge in [-0.3, -0.25) is 10.1 Å². The molecule has 8 heteroatoms. The molecule has 0 radical (unpaired) electrons. The van der Waals surface area contributed by atoms with Gasteiger partial charge in [0.15, 0.2) is 5.11 Å². The van der Waals surface area contributed by atoms with Gasteiger partial charge in [-0.15, -0.1) is 0 Å². The molecular formula is C30H26FN5OS. The van der Waals surface area contributed by atoms with Crippen molar-refractivity contribution in [2.45, 2.75) is 20.8 Å². The lowest BCUT2D eigenvalue weighted by Gasteiger charge is -2.11. The van der Waals surface area contributed by atoms with Crippen molar-refractivity contribution in [3.8, 4) is 22.6 Å². The minimum Gasteiger partial charge on any atom is -0.318 e. The first kappa shape index (κ1) is 25.1. The smallest absolute Gasteiger partial charge is 0.257 e. The Morgan fingerprint density at radius 3 is 2.24 bits per heavy atom. The summed E-state index contributed by atoms with van der Waals surface area (Å²) in [6.45, 7) is 5.98. The number of rotatable bonds is 5. The maximum absolute atomic E-state index is 13.5. The average molecular weight is 524 g/mol. The number of amides is 1. The van der Waals surface area contributed by atoms with E-state index < -0.39 is 0 Å². The van der Waals surface area contributed by atoms with Gasteiger partial charge >= 0.3 is 0 Å². The number of hydrogen-bond acceptors (Lipinski definition) is 3. The second-order valence-electron chi connectivity index (χ2n) is 9.03. The van der Waals surface area contributed by atoms with Gasteiger partial charge < -0.3 is 9.88 Å². The quantitative estimate of drug-likeness (QED) is 0.258. The summed E-state index contributed by atoms with van der Waals surface area (Å²) >= 11 is 5.48. The zero-order valence-corrected chi connectivity index (χ0v) is 22.0. The molecular weight excluding hydrogens is 497 g/mol. The lowest BCUT2D eigenvalue weighted by molar-refractivity contribution is 0.0977. The first-order chi connectivity index (χ1) is 18.3. The summed E-state index contributed by atoms with van der Waals surface area (Å²) in [4.78, 5) is 12.7. The van der Waals surface area contributed by atoms with Gasteiger partial charge in [-0.05, 0) is 87.6 Å². The molecule has 2 aromatic heterocycles. The zero-order valence-electron chi connectivity index (χ0n) is 21.2. The molecule has 0 aliphatic carbocycles. The highest BCUT2D eigenvalue weighted by atomic mass is 32.1. The largest absolute Gasteiger partial charge is 0.318 e. The fraction of sp³-hybridized carbons (Fsp3) is 0.100. The Morgan fingerprint density at radius 2 is 1.55 bits per heavy atom. The average Bonchev–Trinajstić information content (AvgIpc) is 3.45. The third kappa shape index (κ3) is 5.12. The molecule has 0 aliphatic heterocycles. The summed E-state index contributed by atoms with van der Waals surface area (Å²) in [5.41, 5.74) is 6.91.